The molecule has 0 radical (unpaired) electrons. The Morgan fingerprint density at radius 3 is 1.90 bits per heavy atom. The second-order valence-electron chi connectivity index (χ2n) is 6.67. The molecule has 0 unspecified atom stereocenters. The minimum atomic E-state index is -2.00. The molecule has 0 saturated heterocycles. The van der Waals surface area contributed by atoms with Crippen LogP contribution in [0.25, 0.3) is 0 Å². The van der Waals surface area contributed by atoms with Crippen molar-refractivity contribution < 1.29 is 14.7 Å². The van der Waals surface area contributed by atoms with Crippen molar-refractivity contribution in [2.24, 2.45) is 0 Å². The van der Waals surface area contributed by atoms with Gasteiger partial charge in [-0.1, -0.05) is 78.3 Å². The lowest BCUT2D eigenvalue weighted by Gasteiger charge is -2.31. The molecule has 0 aliphatic heterocycles. The highest BCUT2D eigenvalue weighted by molar-refractivity contribution is 6.31. The molecule has 0 aliphatic rings. The highest BCUT2D eigenvalue weighted by atomic mass is 35.5. The van der Waals surface area contributed by atoms with Gasteiger partial charge in [0.2, 0.25) is 5.91 Å². The minimum absolute atomic E-state index is 0.383. The molecule has 3 rings (SSSR count). The Bertz CT molecular complexity index is 983. The molecule has 0 bridgehead atoms. The molecule has 0 aromatic heterocycles. The number of benzene rings is 3. The van der Waals surface area contributed by atoms with Gasteiger partial charge in [-0.25, -0.2) is 5.01 Å². The third-order valence-electron chi connectivity index (χ3n) is 4.65. The van der Waals surface area contributed by atoms with Crippen molar-refractivity contribution in [2.75, 3.05) is 5.01 Å². The molecule has 5 nitrogen and oxygen atoms in total. The van der Waals surface area contributed by atoms with Crippen LogP contribution < -0.4 is 10.4 Å². The summed E-state index contributed by atoms with van der Waals surface area (Å²) in [6.07, 6.45) is 0. The molecule has 0 saturated carbocycles. The average molecular weight is 409 g/mol. The van der Waals surface area contributed by atoms with Crippen molar-refractivity contribution in [3.8, 4) is 0 Å². The van der Waals surface area contributed by atoms with Crippen LogP contribution in [0.5, 0.6) is 0 Å². The Hall–Kier alpha value is -3.15. The molecule has 3 aromatic rings. The smallest absolute Gasteiger partial charge is 0.280 e. The monoisotopic (exact) mass is 408 g/mol. The van der Waals surface area contributed by atoms with Crippen LogP contribution >= 0.6 is 11.6 Å². The number of hydrogen-bond acceptors (Lipinski definition) is 3. The second-order valence-corrected chi connectivity index (χ2v) is 7.08. The maximum absolute atomic E-state index is 13.3. The lowest BCUT2D eigenvalue weighted by Crippen LogP contribution is -2.54. The van der Waals surface area contributed by atoms with Crippen molar-refractivity contribution in [3.63, 3.8) is 0 Å². The SMILES string of the molecule is CC(=O)N(NC(=O)C(O)(c1ccccc1)c1ccccc1)c1ccc(C)c(Cl)c1. The van der Waals surface area contributed by atoms with Gasteiger partial charge in [0, 0.05) is 11.9 Å². The van der Waals surface area contributed by atoms with Crippen molar-refractivity contribution in [1.82, 2.24) is 5.43 Å². The van der Waals surface area contributed by atoms with Gasteiger partial charge in [0.1, 0.15) is 0 Å². The average Bonchev–Trinajstić information content (AvgIpc) is 2.74. The first kappa shape index (κ1) is 20.6. The van der Waals surface area contributed by atoms with E-state index < -0.39 is 17.4 Å². The molecule has 148 valence electrons. The van der Waals surface area contributed by atoms with Crippen LogP contribution in [0.3, 0.4) is 0 Å². The lowest BCUT2D eigenvalue weighted by atomic mass is 9.85. The summed E-state index contributed by atoms with van der Waals surface area (Å²) in [7, 11) is 0. The molecule has 0 atom stereocenters. The van der Waals surface area contributed by atoms with Gasteiger partial charge >= 0.3 is 0 Å². The Labute approximate surface area is 174 Å². The van der Waals surface area contributed by atoms with E-state index in [0.29, 0.717) is 21.8 Å². The molecule has 29 heavy (non-hydrogen) atoms. The van der Waals surface area contributed by atoms with E-state index in [2.05, 4.69) is 5.43 Å². The van der Waals surface area contributed by atoms with E-state index >= 15 is 0 Å². The zero-order chi connectivity index (χ0) is 21.0. The molecule has 2 N–H and O–H groups in total. The van der Waals surface area contributed by atoms with Crippen LogP contribution in [0.15, 0.2) is 78.9 Å². The topological polar surface area (TPSA) is 69.6 Å². The molecule has 2 amide bonds. The maximum atomic E-state index is 13.3. The van der Waals surface area contributed by atoms with E-state index in [9.17, 15) is 14.7 Å². The lowest BCUT2D eigenvalue weighted by molar-refractivity contribution is -0.138. The van der Waals surface area contributed by atoms with Gasteiger partial charge in [-0.3, -0.25) is 15.0 Å². The summed E-state index contributed by atoms with van der Waals surface area (Å²) in [6, 6.07) is 22.2. The van der Waals surface area contributed by atoms with Gasteiger partial charge in [0.25, 0.3) is 5.91 Å². The standard InChI is InChI=1S/C23H21ClN2O3/c1-16-13-14-20(15-21(16)24)26(17(2)27)25-22(28)23(29,18-9-5-3-6-10-18)19-11-7-4-8-12-19/h3-15,29H,1-2H3,(H,25,28). The fourth-order valence-corrected chi connectivity index (χ4v) is 3.19. The molecular weight excluding hydrogens is 388 g/mol. The molecular formula is C23H21ClN2O3. The van der Waals surface area contributed by atoms with E-state index in [1.165, 1.54) is 6.92 Å². The van der Waals surface area contributed by atoms with Crippen LogP contribution in [-0.2, 0) is 15.2 Å². The van der Waals surface area contributed by atoms with Crippen LogP contribution in [-0.4, -0.2) is 16.9 Å². The summed E-state index contributed by atoms with van der Waals surface area (Å²) in [6.45, 7) is 3.16. The largest absolute Gasteiger partial charge is 0.372 e. The number of carbonyl (C=O) groups excluding carboxylic acids is 2. The summed E-state index contributed by atoms with van der Waals surface area (Å²) in [4.78, 5) is 25.6. The van der Waals surface area contributed by atoms with Crippen LogP contribution in [0, 0.1) is 6.92 Å². The summed E-state index contributed by atoms with van der Waals surface area (Å²) in [5.74, 6) is -1.19. The zero-order valence-corrected chi connectivity index (χ0v) is 16.9. The maximum Gasteiger partial charge on any atom is 0.280 e. The van der Waals surface area contributed by atoms with Gasteiger partial charge in [0.15, 0.2) is 5.60 Å². The number of aryl methyl sites for hydroxylation is 1. The number of hydrogen-bond donors (Lipinski definition) is 2. The number of halogens is 1. The van der Waals surface area contributed by atoms with Gasteiger partial charge < -0.3 is 5.11 Å². The number of hydrazine groups is 1. The van der Waals surface area contributed by atoms with E-state index in [4.69, 9.17) is 11.6 Å². The Morgan fingerprint density at radius 2 is 1.45 bits per heavy atom. The van der Waals surface area contributed by atoms with E-state index in [0.717, 1.165) is 10.6 Å². The van der Waals surface area contributed by atoms with Gasteiger partial charge in [-0.2, -0.15) is 0 Å². The van der Waals surface area contributed by atoms with Crippen molar-refractivity contribution >= 4 is 29.1 Å². The van der Waals surface area contributed by atoms with E-state index in [1.807, 2.05) is 6.92 Å². The molecule has 6 heteroatoms. The molecule has 0 spiro atoms. The van der Waals surface area contributed by atoms with Crippen molar-refractivity contribution in [1.29, 1.82) is 0 Å². The zero-order valence-electron chi connectivity index (χ0n) is 16.1. The Kier molecular flexibility index (Phi) is 6.01. The fraction of sp³-hybridized carbons (Fsp3) is 0.130. The van der Waals surface area contributed by atoms with Gasteiger partial charge in [0.05, 0.1) is 5.69 Å². The fourth-order valence-electron chi connectivity index (χ4n) is 3.02. The summed E-state index contributed by atoms with van der Waals surface area (Å²) in [5.41, 5.74) is 2.56. The van der Waals surface area contributed by atoms with Crippen LogP contribution in [0.4, 0.5) is 5.69 Å². The first-order valence-corrected chi connectivity index (χ1v) is 9.43. The Balaban J connectivity index is 2.03. The normalized spacial score (nSPS) is 11.0. The predicted molar refractivity (Wildman–Crippen MR) is 113 cm³/mol. The van der Waals surface area contributed by atoms with Gasteiger partial charge in [-0.15, -0.1) is 0 Å². The molecule has 0 heterocycles. The summed E-state index contributed by atoms with van der Waals surface area (Å²) >= 11 is 6.18. The van der Waals surface area contributed by atoms with Crippen LogP contribution in [0.2, 0.25) is 5.02 Å². The number of anilines is 1. The Morgan fingerprint density at radius 1 is 0.931 bits per heavy atom. The first-order chi connectivity index (χ1) is 13.8. The summed E-state index contributed by atoms with van der Waals surface area (Å²) < 4.78 is 0. The van der Waals surface area contributed by atoms with Crippen molar-refractivity contribution in [3.05, 3.63) is 101 Å². The number of nitrogens with one attached hydrogen (secondary N) is 1. The first-order valence-electron chi connectivity index (χ1n) is 9.05. The number of carbonyl (C=O) groups is 2. The highest BCUT2D eigenvalue weighted by Crippen LogP contribution is 2.30. The number of aliphatic hydroxyl groups is 1. The summed E-state index contributed by atoms with van der Waals surface area (Å²) in [5, 5.41) is 13.1. The molecule has 0 fully saturated rings. The van der Waals surface area contributed by atoms with E-state index in [-0.39, 0.29) is 0 Å². The molecule has 3 aromatic carbocycles. The minimum Gasteiger partial charge on any atom is -0.372 e. The van der Waals surface area contributed by atoms with Crippen molar-refractivity contribution in [2.45, 2.75) is 19.4 Å². The number of amides is 2. The number of rotatable bonds is 4. The quantitative estimate of drug-likeness (QED) is 0.642. The third kappa shape index (κ3) is 4.16. The van der Waals surface area contributed by atoms with Crippen LogP contribution in [0.1, 0.15) is 23.6 Å². The second kappa shape index (κ2) is 8.47. The third-order valence-corrected chi connectivity index (χ3v) is 5.06. The van der Waals surface area contributed by atoms with Gasteiger partial charge in [-0.05, 0) is 35.7 Å². The van der Waals surface area contributed by atoms with E-state index in [1.54, 1.807) is 78.9 Å². The number of nitrogens with zero attached hydrogens (tertiary/aromatic N) is 1. The highest BCUT2D eigenvalue weighted by Gasteiger charge is 2.41. The molecule has 0 aliphatic carbocycles. The predicted octanol–water partition coefficient (Wildman–Crippen LogP) is 3.97.